The van der Waals surface area contributed by atoms with Crippen LogP contribution in [0.3, 0.4) is 0 Å². The van der Waals surface area contributed by atoms with Crippen LogP contribution in [-0.4, -0.2) is 23.9 Å². The maximum Gasteiger partial charge on any atom is 0.239 e. The first-order chi connectivity index (χ1) is 8.99. The number of hydrogen-bond acceptors (Lipinski definition) is 3. The monoisotopic (exact) mass is 263 g/mol. The molecular formula is C14H18FN3O. The van der Waals surface area contributed by atoms with Crippen molar-refractivity contribution in [2.24, 2.45) is 5.73 Å². The predicted molar refractivity (Wildman–Crippen MR) is 70.5 cm³/mol. The Morgan fingerprint density at radius 3 is 2.84 bits per heavy atom. The summed E-state index contributed by atoms with van der Waals surface area (Å²) in [4.78, 5) is 13.3. The van der Waals surface area contributed by atoms with E-state index in [1.165, 1.54) is 23.1 Å². The van der Waals surface area contributed by atoms with Crippen molar-refractivity contribution in [3.63, 3.8) is 0 Å². The van der Waals surface area contributed by atoms with Crippen molar-refractivity contribution in [3.8, 4) is 6.07 Å². The first kappa shape index (κ1) is 15.1. The average Bonchev–Trinajstić information content (AvgIpc) is 2.40. The fraction of sp³-hybridized carbons (Fsp3) is 0.429. The number of carbonyl (C=O) groups is 1. The van der Waals surface area contributed by atoms with Crippen LogP contribution in [0, 0.1) is 17.1 Å². The summed E-state index contributed by atoms with van der Waals surface area (Å²) in [6.07, 6.45) is 1.42. The molecular weight excluding hydrogens is 245 g/mol. The number of halogens is 1. The number of hydrogen-bond donors (Lipinski definition) is 1. The van der Waals surface area contributed by atoms with E-state index in [9.17, 15) is 9.18 Å². The molecule has 0 saturated heterocycles. The Balaban J connectivity index is 2.79. The normalized spacial score (nSPS) is 11.7. The third-order valence-corrected chi connectivity index (χ3v) is 2.88. The van der Waals surface area contributed by atoms with Crippen molar-refractivity contribution in [2.75, 3.05) is 7.05 Å². The zero-order chi connectivity index (χ0) is 14.4. The van der Waals surface area contributed by atoms with Crippen LogP contribution in [0.25, 0.3) is 0 Å². The molecule has 0 aliphatic carbocycles. The molecule has 4 nitrogen and oxygen atoms in total. The minimum atomic E-state index is -0.558. The average molecular weight is 263 g/mol. The van der Waals surface area contributed by atoms with E-state index in [1.807, 2.05) is 13.0 Å². The van der Waals surface area contributed by atoms with Gasteiger partial charge >= 0.3 is 0 Å². The summed E-state index contributed by atoms with van der Waals surface area (Å²) in [5, 5.41) is 8.78. The fourth-order valence-electron chi connectivity index (χ4n) is 1.82. The molecule has 1 aromatic carbocycles. The smallest absolute Gasteiger partial charge is 0.239 e. The number of carbonyl (C=O) groups excluding carboxylic acids is 1. The summed E-state index contributed by atoms with van der Waals surface area (Å²) in [7, 11) is 1.58. The Bertz CT molecular complexity index is 496. The molecule has 0 aliphatic rings. The Labute approximate surface area is 112 Å². The quantitative estimate of drug-likeness (QED) is 0.880. The number of nitrogens with zero attached hydrogens (tertiary/aromatic N) is 2. The lowest BCUT2D eigenvalue weighted by molar-refractivity contribution is -0.132. The van der Waals surface area contributed by atoms with Crippen molar-refractivity contribution in [2.45, 2.75) is 32.4 Å². The van der Waals surface area contributed by atoms with E-state index in [-0.39, 0.29) is 12.5 Å². The van der Waals surface area contributed by atoms with Crippen LogP contribution in [0.1, 0.15) is 30.9 Å². The van der Waals surface area contributed by atoms with Gasteiger partial charge in [0, 0.05) is 19.2 Å². The first-order valence-corrected chi connectivity index (χ1v) is 6.18. The summed E-state index contributed by atoms with van der Waals surface area (Å²) >= 11 is 0. The van der Waals surface area contributed by atoms with Crippen LogP contribution in [-0.2, 0) is 11.3 Å². The van der Waals surface area contributed by atoms with Crippen molar-refractivity contribution in [1.82, 2.24) is 4.90 Å². The van der Waals surface area contributed by atoms with Gasteiger partial charge in [0.25, 0.3) is 0 Å². The van der Waals surface area contributed by atoms with E-state index < -0.39 is 11.9 Å². The molecule has 102 valence electrons. The largest absolute Gasteiger partial charge is 0.340 e. The third kappa shape index (κ3) is 4.04. The minimum absolute atomic E-state index is 0.109. The molecule has 0 radical (unpaired) electrons. The number of likely N-dealkylation sites (N-methyl/N-ethyl adjacent to an activating group) is 1. The Morgan fingerprint density at radius 2 is 2.26 bits per heavy atom. The van der Waals surface area contributed by atoms with Gasteiger partial charge in [-0.05, 0) is 24.6 Å². The summed E-state index contributed by atoms with van der Waals surface area (Å²) in [6.45, 7) is 2.06. The van der Waals surface area contributed by atoms with E-state index in [0.717, 1.165) is 6.42 Å². The zero-order valence-corrected chi connectivity index (χ0v) is 11.2. The van der Waals surface area contributed by atoms with Crippen molar-refractivity contribution >= 4 is 5.91 Å². The third-order valence-electron chi connectivity index (χ3n) is 2.88. The topological polar surface area (TPSA) is 70.1 Å². The number of nitriles is 1. The molecule has 0 saturated carbocycles. The van der Waals surface area contributed by atoms with E-state index in [4.69, 9.17) is 11.0 Å². The van der Waals surface area contributed by atoms with Gasteiger partial charge in [0.1, 0.15) is 5.82 Å². The molecule has 1 atom stereocenters. The highest BCUT2D eigenvalue weighted by Crippen LogP contribution is 2.13. The van der Waals surface area contributed by atoms with Gasteiger partial charge in [-0.15, -0.1) is 0 Å². The highest BCUT2D eigenvalue weighted by molar-refractivity contribution is 5.81. The van der Waals surface area contributed by atoms with E-state index >= 15 is 0 Å². The summed E-state index contributed by atoms with van der Waals surface area (Å²) in [6, 6.07) is 5.48. The lowest BCUT2D eigenvalue weighted by Crippen LogP contribution is -2.41. The van der Waals surface area contributed by atoms with Crippen LogP contribution < -0.4 is 5.73 Å². The molecule has 5 heteroatoms. The SMILES string of the molecule is CCC[C@@H](N)C(=O)N(C)Cc1cc(C#N)ccc1F. The molecule has 0 aromatic heterocycles. The van der Waals surface area contributed by atoms with E-state index in [2.05, 4.69) is 0 Å². The number of benzene rings is 1. The highest BCUT2D eigenvalue weighted by atomic mass is 19.1. The molecule has 0 fully saturated rings. The lowest BCUT2D eigenvalue weighted by Gasteiger charge is -2.21. The van der Waals surface area contributed by atoms with Gasteiger partial charge < -0.3 is 10.6 Å². The second-order valence-electron chi connectivity index (χ2n) is 4.51. The van der Waals surface area contributed by atoms with Gasteiger partial charge in [0.15, 0.2) is 0 Å². The first-order valence-electron chi connectivity index (χ1n) is 6.18. The molecule has 0 spiro atoms. The highest BCUT2D eigenvalue weighted by Gasteiger charge is 2.18. The second-order valence-corrected chi connectivity index (χ2v) is 4.51. The predicted octanol–water partition coefficient (Wildman–Crippen LogP) is 1.78. The second kappa shape index (κ2) is 6.86. The van der Waals surface area contributed by atoms with Gasteiger partial charge in [-0.1, -0.05) is 13.3 Å². The fourth-order valence-corrected chi connectivity index (χ4v) is 1.82. The number of rotatable bonds is 5. The van der Waals surface area contributed by atoms with Gasteiger partial charge in [-0.2, -0.15) is 5.26 Å². The van der Waals surface area contributed by atoms with Crippen LogP contribution >= 0.6 is 0 Å². The summed E-state index contributed by atoms with van der Waals surface area (Å²) in [5.41, 5.74) is 6.43. The van der Waals surface area contributed by atoms with E-state index in [1.54, 1.807) is 7.05 Å². The van der Waals surface area contributed by atoms with Crippen molar-refractivity contribution in [1.29, 1.82) is 5.26 Å². The zero-order valence-electron chi connectivity index (χ0n) is 11.2. The Hall–Kier alpha value is -1.93. The van der Waals surface area contributed by atoms with E-state index in [0.29, 0.717) is 17.5 Å². The molecule has 1 rings (SSSR count). The van der Waals surface area contributed by atoms with Crippen LogP contribution in [0.15, 0.2) is 18.2 Å². The number of nitrogens with two attached hydrogens (primary N) is 1. The van der Waals surface area contributed by atoms with Crippen LogP contribution in [0.5, 0.6) is 0 Å². The molecule has 0 unspecified atom stereocenters. The van der Waals surface area contributed by atoms with Crippen molar-refractivity contribution < 1.29 is 9.18 Å². The minimum Gasteiger partial charge on any atom is -0.340 e. The molecule has 19 heavy (non-hydrogen) atoms. The maximum absolute atomic E-state index is 13.6. The van der Waals surface area contributed by atoms with Gasteiger partial charge in [0.05, 0.1) is 17.7 Å². The Kier molecular flexibility index (Phi) is 5.46. The molecule has 0 heterocycles. The van der Waals surface area contributed by atoms with Gasteiger partial charge in [0.2, 0.25) is 5.91 Å². The summed E-state index contributed by atoms with van der Waals surface area (Å²) in [5.74, 6) is -0.647. The molecule has 2 N–H and O–H groups in total. The van der Waals surface area contributed by atoms with Gasteiger partial charge in [-0.3, -0.25) is 4.79 Å². The summed E-state index contributed by atoms with van der Waals surface area (Å²) < 4.78 is 13.6. The lowest BCUT2D eigenvalue weighted by atomic mass is 10.1. The molecule has 0 bridgehead atoms. The molecule has 1 aromatic rings. The van der Waals surface area contributed by atoms with Crippen molar-refractivity contribution in [3.05, 3.63) is 35.1 Å². The van der Waals surface area contributed by atoms with Crippen LogP contribution in [0.4, 0.5) is 4.39 Å². The number of amides is 1. The molecule has 1 amide bonds. The Morgan fingerprint density at radius 1 is 1.58 bits per heavy atom. The molecule has 0 aliphatic heterocycles. The van der Waals surface area contributed by atoms with Gasteiger partial charge in [-0.25, -0.2) is 4.39 Å². The maximum atomic E-state index is 13.6. The van der Waals surface area contributed by atoms with Crippen LogP contribution in [0.2, 0.25) is 0 Å². The standard InChI is InChI=1S/C14H18FN3O/c1-3-4-13(17)14(19)18(2)9-11-7-10(8-16)5-6-12(11)15/h5-7,13H,3-4,9,17H2,1-2H3/t13-/m1/s1.